The van der Waals surface area contributed by atoms with E-state index in [1.54, 1.807) is 38.1 Å². The van der Waals surface area contributed by atoms with Crippen molar-refractivity contribution in [1.29, 1.82) is 0 Å². The Morgan fingerprint density at radius 2 is 1.80 bits per heavy atom. The normalized spacial score (nSPS) is 15.8. The zero-order chi connectivity index (χ0) is 31.5. The molecule has 44 heavy (non-hydrogen) atoms. The number of esters is 1. The third kappa shape index (κ3) is 5.79. The van der Waals surface area contributed by atoms with E-state index in [4.69, 9.17) is 9.47 Å². The van der Waals surface area contributed by atoms with Gasteiger partial charge in [-0.15, -0.1) is 0 Å². The molecule has 2 heterocycles. The Balaban J connectivity index is 1.56. The van der Waals surface area contributed by atoms with E-state index in [0.717, 1.165) is 27.4 Å². The summed E-state index contributed by atoms with van der Waals surface area (Å²) in [5.41, 5.74) is 2.25. The molecule has 11 nitrogen and oxygen atoms in total. The second kappa shape index (κ2) is 12.5. The number of nitrogens with zero attached hydrogens (tertiary/aromatic N) is 3. The monoisotopic (exact) mass is 613 g/mol. The maximum absolute atomic E-state index is 13.5. The predicted molar refractivity (Wildman–Crippen MR) is 163 cm³/mol. The summed E-state index contributed by atoms with van der Waals surface area (Å²) in [5.74, 6) is -2.62. The van der Waals surface area contributed by atoms with Gasteiger partial charge in [-0.2, -0.15) is 0 Å². The highest BCUT2D eigenvalue weighted by Crippen LogP contribution is 2.44. The number of ketones is 1. The summed E-state index contributed by atoms with van der Waals surface area (Å²) in [6, 6.07) is 18.3. The van der Waals surface area contributed by atoms with Crippen molar-refractivity contribution >= 4 is 45.6 Å². The first-order chi connectivity index (χ1) is 21.1. The number of anilines is 1. The summed E-state index contributed by atoms with van der Waals surface area (Å²) < 4.78 is 11.0. The van der Waals surface area contributed by atoms with Crippen molar-refractivity contribution in [1.82, 2.24) is 4.98 Å². The first-order valence-corrected chi connectivity index (χ1v) is 14.4. The second-order valence-electron chi connectivity index (χ2n) is 9.89. The van der Waals surface area contributed by atoms with Gasteiger partial charge in [0.1, 0.15) is 23.0 Å². The van der Waals surface area contributed by atoms with Crippen LogP contribution in [0.4, 0.5) is 10.8 Å². The molecule has 0 saturated carbocycles. The minimum Gasteiger partial charge on any atom is -0.507 e. The molecule has 4 aromatic rings. The Bertz CT molecular complexity index is 1810. The molecule has 0 bridgehead atoms. The molecular weight excluding hydrogens is 586 g/mol. The van der Waals surface area contributed by atoms with E-state index in [1.807, 2.05) is 31.2 Å². The third-order valence-corrected chi connectivity index (χ3v) is 8.21. The number of nitro benzene ring substituents is 1. The first kappa shape index (κ1) is 30.1. The molecule has 1 unspecified atom stereocenters. The molecule has 3 aromatic carbocycles. The molecule has 224 valence electrons. The van der Waals surface area contributed by atoms with Gasteiger partial charge in [0.2, 0.25) is 0 Å². The number of aliphatic hydroxyl groups excluding tert-OH is 1. The lowest BCUT2D eigenvalue weighted by Gasteiger charge is -2.22. The smallest absolute Gasteiger partial charge is 0.350 e. The number of aryl methyl sites for hydroxylation is 2. The maximum Gasteiger partial charge on any atom is 0.350 e. The highest BCUT2D eigenvalue weighted by Gasteiger charge is 2.48. The van der Waals surface area contributed by atoms with Crippen LogP contribution in [-0.2, 0) is 20.9 Å². The van der Waals surface area contributed by atoms with Gasteiger partial charge in [0.05, 0.1) is 28.8 Å². The molecule has 5 rings (SSSR count). The molecule has 0 radical (unpaired) electrons. The highest BCUT2D eigenvalue weighted by atomic mass is 32.1. The molecule has 0 spiro atoms. The van der Waals surface area contributed by atoms with E-state index in [9.17, 15) is 29.6 Å². The van der Waals surface area contributed by atoms with Crippen LogP contribution in [0.15, 0.2) is 78.4 Å². The fraction of sp³-hybridized carbons (Fsp3) is 0.188. The molecule has 1 N–H and O–H groups in total. The van der Waals surface area contributed by atoms with Gasteiger partial charge in [0.15, 0.2) is 5.13 Å². The highest BCUT2D eigenvalue weighted by molar-refractivity contribution is 7.17. The lowest BCUT2D eigenvalue weighted by atomic mass is 9.95. The zero-order valence-corrected chi connectivity index (χ0v) is 24.8. The van der Waals surface area contributed by atoms with E-state index in [-0.39, 0.29) is 44.7 Å². The average molecular weight is 614 g/mol. The summed E-state index contributed by atoms with van der Waals surface area (Å²) in [6.07, 6.45) is 0. The van der Waals surface area contributed by atoms with Crippen LogP contribution in [0.1, 0.15) is 50.6 Å². The molecular formula is C32H27N3O8S. The lowest BCUT2D eigenvalue weighted by molar-refractivity contribution is -0.384. The first-order valence-electron chi connectivity index (χ1n) is 13.6. The standard InChI is InChI=1S/C32H27N3O8S/c1-4-42-31(39)29-19(3)33-32(44-29)34-26(21-10-7-11-23(16-21)35(40)41)25(28(37)30(34)38)27(36)20-12-14-24(15-13-20)43-17-22-9-6-5-8-18(22)2/h5-16,26,36H,4,17H2,1-3H3/b27-25+. The van der Waals surface area contributed by atoms with Crippen LogP contribution < -0.4 is 9.64 Å². The number of thiazole rings is 1. The fourth-order valence-electron chi connectivity index (χ4n) is 4.82. The van der Waals surface area contributed by atoms with Crippen LogP contribution in [0, 0.1) is 24.0 Å². The lowest BCUT2D eigenvalue weighted by Crippen LogP contribution is -2.29. The summed E-state index contributed by atoms with van der Waals surface area (Å²) >= 11 is 0.848. The van der Waals surface area contributed by atoms with Crippen molar-refractivity contribution in [3.05, 3.63) is 121 Å². The Labute approximate surface area is 256 Å². The minimum absolute atomic E-state index is 0.00293. The van der Waals surface area contributed by atoms with Crippen LogP contribution >= 0.6 is 11.3 Å². The number of rotatable bonds is 9. The molecule has 1 aliphatic heterocycles. The number of non-ortho nitro benzene ring substituents is 1. The van der Waals surface area contributed by atoms with E-state index in [0.29, 0.717) is 12.4 Å². The van der Waals surface area contributed by atoms with Crippen molar-refractivity contribution in [2.75, 3.05) is 11.5 Å². The van der Waals surface area contributed by atoms with Crippen molar-refractivity contribution in [2.45, 2.75) is 33.4 Å². The number of hydrogen-bond donors (Lipinski definition) is 1. The van der Waals surface area contributed by atoms with Crippen molar-refractivity contribution < 1.29 is 33.9 Å². The summed E-state index contributed by atoms with van der Waals surface area (Å²) in [4.78, 5) is 56.0. The number of aliphatic hydroxyl groups is 1. The van der Waals surface area contributed by atoms with Gasteiger partial charge in [-0.05, 0) is 61.7 Å². The van der Waals surface area contributed by atoms with Gasteiger partial charge in [-0.25, -0.2) is 9.78 Å². The van der Waals surface area contributed by atoms with Gasteiger partial charge >= 0.3 is 11.9 Å². The third-order valence-electron chi connectivity index (χ3n) is 7.08. The van der Waals surface area contributed by atoms with Crippen molar-refractivity contribution in [2.24, 2.45) is 0 Å². The van der Waals surface area contributed by atoms with Crippen molar-refractivity contribution in [3.63, 3.8) is 0 Å². The van der Waals surface area contributed by atoms with E-state index in [2.05, 4.69) is 4.98 Å². The van der Waals surface area contributed by atoms with E-state index >= 15 is 0 Å². The molecule has 12 heteroatoms. The molecule has 1 fully saturated rings. The Morgan fingerprint density at radius 1 is 1.07 bits per heavy atom. The Hall–Kier alpha value is -5.36. The number of benzene rings is 3. The topological polar surface area (TPSA) is 149 Å². The minimum atomic E-state index is -1.27. The van der Waals surface area contributed by atoms with Crippen molar-refractivity contribution in [3.8, 4) is 5.75 Å². The van der Waals surface area contributed by atoms with E-state index < -0.39 is 34.4 Å². The summed E-state index contributed by atoms with van der Waals surface area (Å²) in [7, 11) is 0. The molecule has 1 aliphatic rings. The van der Waals surface area contributed by atoms with Crippen LogP contribution in [0.2, 0.25) is 0 Å². The van der Waals surface area contributed by atoms with Gasteiger partial charge < -0.3 is 14.6 Å². The Morgan fingerprint density at radius 3 is 2.48 bits per heavy atom. The van der Waals surface area contributed by atoms with Gasteiger partial charge in [0, 0.05) is 17.7 Å². The maximum atomic E-state index is 13.5. The van der Waals surface area contributed by atoms with Crippen LogP contribution in [-0.4, -0.2) is 39.3 Å². The SMILES string of the molecule is CCOC(=O)c1sc(N2C(=O)C(=O)/C(=C(/O)c3ccc(OCc4ccccc4C)cc3)C2c2cccc([N+](=O)[O-])c2)nc1C. The van der Waals surface area contributed by atoms with Gasteiger partial charge in [-0.3, -0.25) is 24.6 Å². The molecule has 1 saturated heterocycles. The zero-order valence-electron chi connectivity index (χ0n) is 24.0. The molecule has 1 aromatic heterocycles. The molecule has 1 atom stereocenters. The largest absolute Gasteiger partial charge is 0.507 e. The van der Waals surface area contributed by atoms with Gasteiger partial charge in [-0.1, -0.05) is 47.7 Å². The number of Topliss-reactive ketones (excluding diaryl/α,β-unsaturated/α-hetero) is 1. The van der Waals surface area contributed by atoms with E-state index in [1.165, 1.54) is 24.3 Å². The van der Waals surface area contributed by atoms with Gasteiger partial charge in [0.25, 0.3) is 11.5 Å². The number of carbonyl (C=O) groups excluding carboxylic acids is 3. The number of hydrogen-bond acceptors (Lipinski definition) is 10. The quantitative estimate of drug-likeness (QED) is 0.0594. The number of nitro groups is 1. The number of ether oxygens (including phenoxy) is 2. The van der Waals surface area contributed by atoms with Crippen LogP contribution in [0.3, 0.4) is 0 Å². The average Bonchev–Trinajstić information content (AvgIpc) is 3.53. The van der Waals surface area contributed by atoms with Crippen LogP contribution in [0.5, 0.6) is 5.75 Å². The Kier molecular flexibility index (Phi) is 8.54. The fourth-order valence-corrected chi connectivity index (χ4v) is 5.81. The van der Waals surface area contributed by atoms with Crippen LogP contribution in [0.25, 0.3) is 5.76 Å². The molecule has 1 amide bonds. The predicted octanol–water partition coefficient (Wildman–Crippen LogP) is 6.05. The number of amides is 1. The molecule has 0 aliphatic carbocycles. The number of aromatic nitrogens is 1. The second-order valence-corrected chi connectivity index (χ2v) is 10.9. The number of carbonyl (C=O) groups is 3. The summed E-state index contributed by atoms with van der Waals surface area (Å²) in [6.45, 7) is 5.65. The summed E-state index contributed by atoms with van der Waals surface area (Å²) in [5, 5.41) is 23.0.